The van der Waals surface area contributed by atoms with Gasteiger partial charge >= 0.3 is 0 Å². The van der Waals surface area contributed by atoms with Crippen LogP contribution in [-0.2, 0) is 18.2 Å². The van der Waals surface area contributed by atoms with E-state index in [2.05, 4.69) is 22.3 Å². The minimum absolute atomic E-state index is 0.106. The van der Waals surface area contributed by atoms with E-state index in [0.717, 1.165) is 38.4 Å². The molecule has 6 nitrogen and oxygen atoms in total. The van der Waals surface area contributed by atoms with Gasteiger partial charge in [-0.3, -0.25) is 20.9 Å². The van der Waals surface area contributed by atoms with Gasteiger partial charge in [-0.25, -0.2) is 0 Å². The summed E-state index contributed by atoms with van der Waals surface area (Å²) in [4.78, 5) is 2.39. The summed E-state index contributed by atoms with van der Waals surface area (Å²) in [7, 11) is 1.92. The lowest BCUT2D eigenvalue weighted by molar-refractivity contribution is -0.0449. The van der Waals surface area contributed by atoms with Gasteiger partial charge in [0.1, 0.15) is 0 Å². The molecule has 18 heavy (non-hydrogen) atoms. The Kier molecular flexibility index (Phi) is 4.71. The molecule has 1 aromatic heterocycles. The van der Waals surface area contributed by atoms with E-state index in [1.807, 2.05) is 24.0 Å². The van der Waals surface area contributed by atoms with E-state index in [4.69, 9.17) is 10.6 Å². The van der Waals surface area contributed by atoms with Crippen LogP contribution in [0.4, 0.5) is 0 Å². The van der Waals surface area contributed by atoms with Gasteiger partial charge in [0, 0.05) is 32.8 Å². The molecule has 0 aliphatic carbocycles. The molecule has 0 radical (unpaired) electrons. The Bertz CT molecular complexity index is 367. The first kappa shape index (κ1) is 13.5. The maximum atomic E-state index is 5.82. The van der Waals surface area contributed by atoms with Gasteiger partial charge in [0.05, 0.1) is 24.4 Å². The van der Waals surface area contributed by atoms with Gasteiger partial charge in [-0.1, -0.05) is 6.92 Å². The zero-order valence-electron chi connectivity index (χ0n) is 11.2. The fraction of sp³-hybridized carbons (Fsp3) is 0.750. The van der Waals surface area contributed by atoms with Gasteiger partial charge in [0.15, 0.2) is 0 Å². The van der Waals surface area contributed by atoms with Crippen molar-refractivity contribution in [3.63, 3.8) is 0 Å². The average molecular weight is 253 g/mol. The highest BCUT2D eigenvalue weighted by atomic mass is 16.5. The maximum absolute atomic E-state index is 5.82. The monoisotopic (exact) mass is 253 g/mol. The first-order valence-corrected chi connectivity index (χ1v) is 6.51. The quantitative estimate of drug-likeness (QED) is 0.548. The minimum Gasteiger partial charge on any atom is -0.374 e. The van der Waals surface area contributed by atoms with Crippen molar-refractivity contribution >= 4 is 0 Å². The fourth-order valence-corrected chi connectivity index (χ4v) is 2.36. The Morgan fingerprint density at radius 3 is 3.11 bits per heavy atom. The molecular weight excluding hydrogens is 230 g/mol. The largest absolute Gasteiger partial charge is 0.374 e. The van der Waals surface area contributed by atoms with Crippen LogP contribution < -0.4 is 11.3 Å². The van der Waals surface area contributed by atoms with Crippen LogP contribution in [0.2, 0.25) is 0 Å². The molecule has 2 atom stereocenters. The third-order valence-electron chi connectivity index (χ3n) is 3.49. The molecule has 1 aromatic rings. The lowest BCUT2D eigenvalue weighted by atomic mass is 10.0. The standard InChI is InChI=1S/C12H23N5O/c1-3-17-6-7-18-12(9-17)11(14-13)8-10-4-5-16(2)15-10/h4-5,11-12,14H,3,6-9,13H2,1-2H3. The number of hydrogen-bond acceptors (Lipinski definition) is 5. The predicted octanol–water partition coefficient (Wildman–Crippen LogP) is -0.485. The first-order chi connectivity index (χ1) is 8.72. The third-order valence-corrected chi connectivity index (χ3v) is 3.49. The van der Waals surface area contributed by atoms with Crippen LogP contribution in [0.25, 0.3) is 0 Å². The molecule has 1 saturated heterocycles. The second kappa shape index (κ2) is 6.29. The number of nitrogens with two attached hydrogens (primary N) is 1. The van der Waals surface area contributed by atoms with Crippen LogP contribution in [-0.4, -0.2) is 53.1 Å². The van der Waals surface area contributed by atoms with Crippen molar-refractivity contribution in [2.45, 2.75) is 25.5 Å². The van der Waals surface area contributed by atoms with Crippen LogP contribution in [0.5, 0.6) is 0 Å². The number of likely N-dealkylation sites (N-methyl/N-ethyl adjacent to an activating group) is 1. The number of rotatable bonds is 5. The first-order valence-electron chi connectivity index (χ1n) is 6.51. The number of morpholine rings is 1. The van der Waals surface area contributed by atoms with Crippen molar-refractivity contribution in [2.75, 3.05) is 26.2 Å². The zero-order chi connectivity index (χ0) is 13.0. The number of ether oxygens (including phenoxy) is 1. The van der Waals surface area contributed by atoms with E-state index in [-0.39, 0.29) is 12.1 Å². The van der Waals surface area contributed by atoms with E-state index >= 15 is 0 Å². The topological polar surface area (TPSA) is 68.3 Å². The SMILES string of the molecule is CCN1CCOC(C(Cc2ccn(C)n2)NN)C1. The Morgan fingerprint density at radius 2 is 2.50 bits per heavy atom. The summed E-state index contributed by atoms with van der Waals surface area (Å²) in [5.41, 5.74) is 3.91. The van der Waals surface area contributed by atoms with Crippen molar-refractivity contribution in [1.29, 1.82) is 0 Å². The van der Waals surface area contributed by atoms with E-state index in [1.165, 1.54) is 0 Å². The van der Waals surface area contributed by atoms with Crippen LogP contribution in [0.1, 0.15) is 12.6 Å². The van der Waals surface area contributed by atoms with Crippen LogP contribution in [0.15, 0.2) is 12.3 Å². The highest BCUT2D eigenvalue weighted by Gasteiger charge is 2.27. The Hall–Kier alpha value is -0.950. The van der Waals surface area contributed by atoms with E-state index in [0.29, 0.717) is 0 Å². The number of nitrogens with one attached hydrogen (secondary N) is 1. The molecule has 1 aliphatic rings. The molecule has 102 valence electrons. The summed E-state index contributed by atoms with van der Waals surface area (Å²) in [5, 5.41) is 4.38. The van der Waals surface area contributed by atoms with Crippen molar-refractivity contribution in [2.24, 2.45) is 12.9 Å². The molecule has 2 rings (SSSR count). The van der Waals surface area contributed by atoms with Gasteiger partial charge in [0.25, 0.3) is 0 Å². The van der Waals surface area contributed by atoms with Crippen molar-refractivity contribution in [1.82, 2.24) is 20.1 Å². The molecule has 2 heterocycles. The summed E-state index contributed by atoms with van der Waals surface area (Å²) in [6.45, 7) is 5.94. The highest BCUT2D eigenvalue weighted by Crippen LogP contribution is 2.12. The average Bonchev–Trinajstić information content (AvgIpc) is 2.81. The predicted molar refractivity (Wildman–Crippen MR) is 69.9 cm³/mol. The Morgan fingerprint density at radius 1 is 1.67 bits per heavy atom. The van der Waals surface area contributed by atoms with E-state index in [1.54, 1.807) is 0 Å². The fourth-order valence-electron chi connectivity index (χ4n) is 2.36. The molecule has 0 bridgehead atoms. The lowest BCUT2D eigenvalue weighted by Crippen LogP contribution is -2.54. The molecule has 0 amide bonds. The molecule has 0 spiro atoms. The molecule has 6 heteroatoms. The maximum Gasteiger partial charge on any atom is 0.0872 e. The normalized spacial score (nSPS) is 23.2. The van der Waals surface area contributed by atoms with E-state index in [9.17, 15) is 0 Å². The van der Waals surface area contributed by atoms with Gasteiger partial charge in [0.2, 0.25) is 0 Å². The number of aromatic nitrogens is 2. The zero-order valence-corrected chi connectivity index (χ0v) is 11.2. The van der Waals surface area contributed by atoms with E-state index < -0.39 is 0 Å². The highest BCUT2D eigenvalue weighted by molar-refractivity contribution is 5.02. The van der Waals surface area contributed by atoms with Gasteiger partial charge in [-0.15, -0.1) is 0 Å². The van der Waals surface area contributed by atoms with Crippen LogP contribution in [0.3, 0.4) is 0 Å². The molecule has 3 N–H and O–H groups in total. The molecule has 1 fully saturated rings. The van der Waals surface area contributed by atoms with Gasteiger partial charge < -0.3 is 4.74 Å². The van der Waals surface area contributed by atoms with Crippen molar-refractivity contribution in [3.8, 4) is 0 Å². The van der Waals surface area contributed by atoms with Crippen LogP contribution in [0, 0.1) is 0 Å². The molecule has 1 aliphatic heterocycles. The number of hydrazine groups is 1. The summed E-state index contributed by atoms with van der Waals surface area (Å²) in [6, 6.07) is 2.12. The van der Waals surface area contributed by atoms with Crippen LogP contribution >= 0.6 is 0 Å². The molecule has 0 saturated carbocycles. The van der Waals surface area contributed by atoms with Gasteiger partial charge in [-0.2, -0.15) is 5.10 Å². The lowest BCUT2D eigenvalue weighted by Gasteiger charge is -2.36. The number of nitrogens with zero attached hydrogens (tertiary/aromatic N) is 3. The molecule has 0 aromatic carbocycles. The smallest absolute Gasteiger partial charge is 0.0872 e. The minimum atomic E-state index is 0.106. The second-order valence-corrected chi connectivity index (χ2v) is 4.76. The summed E-state index contributed by atoms with van der Waals surface area (Å²) >= 11 is 0. The number of hydrogen-bond donors (Lipinski definition) is 2. The summed E-state index contributed by atoms with van der Waals surface area (Å²) in [6.07, 6.45) is 2.87. The molecule has 2 unspecified atom stereocenters. The number of aryl methyl sites for hydroxylation is 1. The second-order valence-electron chi connectivity index (χ2n) is 4.76. The Balaban J connectivity index is 1.95. The third kappa shape index (κ3) is 3.29. The summed E-state index contributed by atoms with van der Waals surface area (Å²) < 4.78 is 7.63. The molecular formula is C12H23N5O. The van der Waals surface area contributed by atoms with Crippen molar-refractivity contribution < 1.29 is 4.74 Å². The van der Waals surface area contributed by atoms with Gasteiger partial charge in [-0.05, 0) is 12.6 Å². The Labute approximate surface area is 108 Å². The van der Waals surface area contributed by atoms with Crippen molar-refractivity contribution in [3.05, 3.63) is 18.0 Å². The summed E-state index contributed by atoms with van der Waals surface area (Å²) in [5.74, 6) is 5.66.